The molecule has 0 saturated carbocycles. The Kier molecular flexibility index (Phi) is 3.86. The molecule has 3 heterocycles. The van der Waals surface area contributed by atoms with E-state index in [0.717, 1.165) is 9.75 Å². The van der Waals surface area contributed by atoms with Crippen LogP contribution in [0.2, 0.25) is 0 Å². The van der Waals surface area contributed by atoms with Gasteiger partial charge in [0.1, 0.15) is 0 Å². The van der Waals surface area contributed by atoms with Gasteiger partial charge in [0.25, 0.3) is 0 Å². The van der Waals surface area contributed by atoms with Gasteiger partial charge < -0.3 is 5.11 Å². The lowest BCUT2D eigenvalue weighted by Gasteiger charge is -1.94. The first-order chi connectivity index (χ1) is 10.3. The lowest BCUT2D eigenvalue weighted by Crippen LogP contribution is -2.21. The maximum atomic E-state index is 12.2. The Bertz CT molecular complexity index is 879. The van der Waals surface area contributed by atoms with Gasteiger partial charge in [-0.05, 0) is 24.3 Å². The van der Waals surface area contributed by atoms with Crippen LogP contribution in [0.25, 0.3) is 5.65 Å². The van der Waals surface area contributed by atoms with E-state index in [2.05, 4.69) is 16.9 Å². The molecule has 6 heteroatoms. The van der Waals surface area contributed by atoms with E-state index < -0.39 is 0 Å². The van der Waals surface area contributed by atoms with Gasteiger partial charge in [-0.25, -0.2) is 9.48 Å². The largest absolute Gasteiger partial charge is 0.395 e. The van der Waals surface area contributed by atoms with Crippen molar-refractivity contribution in [3.63, 3.8) is 0 Å². The number of fused-ring (bicyclic) bond motifs is 1. The molecule has 3 aromatic heterocycles. The van der Waals surface area contributed by atoms with Crippen LogP contribution in [0.15, 0.2) is 41.3 Å². The molecule has 0 bridgehead atoms. The van der Waals surface area contributed by atoms with E-state index in [-0.39, 0.29) is 12.3 Å². The Labute approximate surface area is 125 Å². The molecular formula is C15H13N3O2S. The SMILES string of the molecule is O=c1n(Cc2ccc(C#CCCO)s2)nc2ccccn12. The van der Waals surface area contributed by atoms with E-state index in [4.69, 9.17) is 5.11 Å². The number of nitrogens with zero attached hydrogens (tertiary/aromatic N) is 3. The Morgan fingerprint density at radius 3 is 3.00 bits per heavy atom. The number of aromatic nitrogens is 3. The van der Waals surface area contributed by atoms with Gasteiger partial charge in [-0.15, -0.1) is 16.4 Å². The summed E-state index contributed by atoms with van der Waals surface area (Å²) >= 11 is 1.53. The van der Waals surface area contributed by atoms with Gasteiger partial charge >= 0.3 is 5.69 Å². The van der Waals surface area contributed by atoms with Crippen LogP contribution in [-0.4, -0.2) is 25.9 Å². The van der Waals surface area contributed by atoms with Gasteiger partial charge in [-0.3, -0.25) is 4.40 Å². The quantitative estimate of drug-likeness (QED) is 0.743. The summed E-state index contributed by atoms with van der Waals surface area (Å²) in [6, 6.07) is 9.33. The number of aliphatic hydroxyl groups is 1. The van der Waals surface area contributed by atoms with Gasteiger partial charge in [0, 0.05) is 17.5 Å². The minimum atomic E-state index is -0.146. The molecule has 0 saturated heterocycles. The van der Waals surface area contributed by atoms with Crippen molar-refractivity contribution in [3.8, 4) is 11.8 Å². The first kappa shape index (κ1) is 13.6. The highest BCUT2D eigenvalue weighted by Gasteiger charge is 2.07. The second-order valence-electron chi connectivity index (χ2n) is 4.41. The monoisotopic (exact) mass is 299 g/mol. The maximum Gasteiger partial charge on any atom is 0.350 e. The van der Waals surface area contributed by atoms with E-state index in [9.17, 15) is 4.79 Å². The number of pyridine rings is 1. The zero-order valence-electron chi connectivity index (χ0n) is 11.2. The van der Waals surface area contributed by atoms with Crippen LogP contribution >= 0.6 is 11.3 Å². The lowest BCUT2D eigenvalue weighted by molar-refractivity contribution is 0.305. The fourth-order valence-corrected chi connectivity index (χ4v) is 2.82. The third kappa shape index (κ3) is 2.89. The lowest BCUT2D eigenvalue weighted by atomic mass is 10.4. The zero-order valence-corrected chi connectivity index (χ0v) is 12.0. The molecule has 3 rings (SSSR count). The van der Waals surface area contributed by atoms with Crippen LogP contribution in [0.5, 0.6) is 0 Å². The molecule has 21 heavy (non-hydrogen) atoms. The molecule has 0 spiro atoms. The Balaban J connectivity index is 1.84. The van der Waals surface area contributed by atoms with Crippen LogP contribution in [0.4, 0.5) is 0 Å². The molecule has 1 N–H and O–H groups in total. The van der Waals surface area contributed by atoms with Crippen LogP contribution in [-0.2, 0) is 6.54 Å². The molecule has 0 aliphatic heterocycles. The third-order valence-electron chi connectivity index (χ3n) is 2.90. The van der Waals surface area contributed by atoms with Crippen molar-refractivity contribution < 1.29 is 5.11 Å². The zero-order chi connectivity index (χ0) is 14.7. The Hall–Kier alpha value is -2.36. The standard InChI is InChI=1S/C15H13N3O2S/c19-10-4-2-5-12-7-8-13(21-12)11-18-15(20)17-9-3-1-6-14(17)16-18/h1,3,6-9,19H,4,10-11H2. The van der Waals surface area contributed by atoms with Gasteiger partial charge in [0.2, 0.25) is 0 Å². The molecule has 5 nitrogen and oxygen atoms in total. The molecule has 0 aliphatic carbocycles. The van der Waals surface area contributed by atoms with E-state index in [1.165, 1.54) is 20.4 Å². The first-order valence-electron chi connectivity index (χ1n) is 6.50. The summed E-state index contributed by atoms with van der Waals surface area (Å²) in [6.45, 7) is 0.509. The van der Waals surface area contributed by atoms with Crippen molar-refractivity contribution in [1.82, 2.24) is 14.2 Å². The van der Waals surface area contributed by atoms with Crippen molar-refractivity contribution in [3.05, 3.63) is 56.8 Å². The van der Waals surface area contributed by atoms with Crippen LogP contribution in [0.1, 0.15) is 16.2 Å². The molecule has 3 aromatic rings. The normalized spacial score (nSPS) is 10.5. The van der Waals surface area contributed by atoms with Gasteiger partial charge in [-0.2, -0.15) is 0 Å². The summed E-state index contributed by atoms with van der Waals surface area (Å²) in [4.78, 5) is 14.1. The molecule has 0 unspecified atom stereocenters. The van der Waals surface area contributed by atoms with E-state index in [1.807, 2.05) is 18.2 Å². The Morgan fingerprint density at radius 1 is 1.29 bits per heavy atom. The van der Waals surface area contributed by atoms with Crippen LogP contribution in [0.3, 0.4) is 0 Å². The Morgan fingerprint density at radius 2 is 2.19 bits per heavy atom. The molecule has 0 aromatic carbocycles. The predicted molar refractivity (Wildman–Crippen MR) is 81.5 cm³/mol. The van der Waals surface area contributed by atoms with Crippen LogP contribution in [0, 0.1) is 11.8 Å². The highest BCUT2D eigenvalue weighted by Crippen LogP contribution is 2.16. The fraction of sp³-hybridized carbons (Fsp3) is 0.200. The van der Waals surface area contributed by atoms with E-state index >= 15 is 0 Å². The minimum Gasteiger partial charge on any atom is -0.395 e. The predicted octanol–water partition coefficient (Wildman–Crippen LogP) is 1.34. The highest BCUT2D eigenvalue weighted by atomic mass is 32.1. The maximum absolute atomic E-state index is 12.2. The second kappa shape index (κ2) is 5.95. The van der Waals surface area contributed by atoms with E-state index in [0.29, 0.717) is 18.6 Å². The summed E-state index contributed by atoms with van der Waals surface area (Å²) in [5.74, 6) is 5.87. The number of aliphatic hydroxyl groups excluding tert-OH is 1. The molecule has 0 aliphatic rings. The molecule has 0 amide bonds. The molecule has 106 valence electrons. The number of hydrogen-bond acceptors (Lipinski definition) is 4. The molecule has 0 fully saturated rings. The highest BCUT2D eigenvalue weighted by molar-refractivity contribution is 7.12. The molecular weight excluding hydrogens is 286 g/mol. The van der Waals surface area contributed by atoms with Gasteiger partial charge in [0.05, 0.1) is 18.0 Å². The van der Waals surface area contributed by atoms with Crippen molar-refractivity contribution in [1.29, 1.82) is 0 Å². The summed E-state index contributed by atoms with van der Waals surface area (Å²) in [5, 5.41) is 13.0. The first-order valence-corrected chi connectivity index (χ1v) is 7.32. The van der Waals surface area contributed by atoms with Crippen molar-refractivity contribution in [2.75, 3.05) is 6.61 Å². The molecule has 0 atom stereocenters. The third-order valence-corrected chi connectivity index (χ3v) is 3.89. The number of hydrogen-bond donors (Lipinski definition) is 1. The fourth-order valence-electron chi connectivity index (χ4n) is 1.95. The summed E-state index contributed by atoms with van der Waals surface area (Å²) in [6.07, 6.45) is 2.18. The number of thiophene rings is 1. The molecule has 0 radical (unpaired) electrons. The van der Waals surface area contributed by atoms with Crippen molar-refractivity contribution in [2.24, 2.45) is 0 Å². The smallest absolute Gasteiger partial charge is 0.350 e. The van der Waals surface area contributed by atoms with Crippen molar-refractivity contribution in [2.45, 2.75) is 13.0 Å². The van der Waals surface area contributed by atoms with Gasteiger partial charge in [0.15, 0.2) is 5.65 Å². The summed E-state index contributed by atoms with van der Waals surface area (Å²) < 4.78 is 2.97. The average Bonchev–Trinajstić information content (AvgIpc) is 3.06. The summed E-state index contributed by atoms with van der Waals surface area (Å²) in [7, 11) is 0. The topological polar surface area (TPSA) is 59.5 Å². The van der Waals surface area contributed by atoms with Crippen LogP contribution < -0.4 is 5.69 Å². The van der Waals surface area contributed by atoms with E-state index in [1.54, 1.807) is 18.3 Å². The van der Waals surface area contributed by atoms with Crippen molar-refractivity contribution >= 4 is 17.0 Å². The van der Waals surface area contributed by atoms with Gasteiger partial charge in [-0.1, -0.05) is 17.9 Å². The average molecular weight is 299 g/mol. The second-order valence-corrected chi connectivity index (χ2v) is 5.58. The number of rotatable bonds is 3. The minimum absolute atomic E-state index is 0.0713. The summed E-state index contributed by atoms with van der Waals surface area (Å²) in [5.41, 5.74) is 0.494.